The fraction of sp³-hybridized carbons (Fsp3) is 0.417. The zero-order valence-corrected chi connectivity index (χ0v) is 9.94. The summed E-state index contributed by atoms with van der Waals surface area (Å²) in [6.45, 7) is 0.784. The van der Waals surface area contributed by atoms with Crippen LogP contribution in [0.3, 0.4) is 0 Å². The maximum absolute atomic E-state index is 12.5. The molecule has 0 bridgehead atoms. The van der Waals surface area contributed by atoms with Crippen LogP contribution in [0.15, 0.2) is 18.2 Å². The van der Waals surface area contributed by atoms with E-state index in [4.69, 9.17) is 10.2 Å². The number of halogens is 2. The van der Waals surface area contributed by atoms with Crippen molar-refractivity contribution < 1.29 is 23.8 Å². The lowest BCUT2D eigenvalue weighted by Gasteiger charge is -2.25. The first-order valence-corrected chi connectivity index (χ1v) is 5.43. The Labute approximate surface area is 103 Å². The molecule has 0 aromatic heterocycles. The van der Waals surface area contributed by atoms with Crippen molar-refractivity contribution in [3.8, 4) is 0 Å². The summed E-state index contributed by atoms with van der Waals surface area (Å²) in [6.07, 6.45) is -2.60. The molecule has 4 nitrogen and oxygen atoms in total. The molecule has 0 saturated heterocycles. The molecule has 0 aliphatic heterocycles. The fourth-order valence-corrected chi connectivity index (χ4v) is 1.68. The average Bonchev–Trinajstić information content (AvgIpc) is 2.27. The van der Waals surface area contributed by atoms with Crippen molar-refractivity contribution in [2.75, 3.05) is 24.6 Å². The molecule has 0 amide bonds. The van der Waals surface area contributed by atoms with Gasteiger partial charge in [-0.3, -0.25) is 0 Å². The molecule has 0 atom stereocenters. The SMILES string of the molecule is Cc1ccc(C(=O)O)c(N(CCO)CC(F)F)c1. The van der Waals surface area contributed by atoms with E-state index < -0.39 is 18.9 Å². The summed E-state index contributed by atoms with van der Waals surface area (Å²) < 4.78 is 24.9. The van der Waals surface area contributed by atoms with Gasteiger partial charge in [0.05, 0.1) is 24.4 Å². The normalized spacial score (nSPS) is 10.7. The van der Waals surface area contributed by atoms with E-state index >= 15 is 0 Å². The van der Waals surface area contributed by atoms with Crippen molar-refractivity contribution >= 4 is 11.7 Å². The number of aliphatic hydroxyl groups excluding tert-OH is 1. The topological polar surface area (TPSA) is 60.8 Å². The Bertz CT molecular complexity index is 424. The molecule has 0 radical (unpaired) electrons. The van der Waals surface area contributed by atoms with Crippen LogP contribution in [0.1, 0.15) is 15.9 Å². The third-order valence-corrected chi connectivity index (χ3v) is 2.45. The Morgan fingerprint density at radius 3 is 2.61 bits per heavy atom. The van der Waals surface area contributed by atoms with Crippen LogP contribution in [0.5, 0.6) is 0 Å². The Morgan fingerprint density at radius 2 is 2.11 bits per heavy atom. The van der Waals surface area contributed by atoms with Gasteiger partial charge >= 0.3 is 5.97 Å². The molecule has 1 aromatic rings. The molecule has 0 fully saturated rings. The molecule has 0 unspecified atom stereocenters. The van der Waals surface area contributed by atoms with Crippen LogP contribution in [0.25, 0.3) is 0 Å². The van der Waals surface area contributed by atoms with Gasteiger partial charge in [-0.2, -0.15) is 0 Å². The van der Waals surface area contributed by atoms with Crippen molar-refractivity contribution in [3.63, 3.8) is 0 Å². The van der Waals surface area contributed by atoms with Gasteiger partial charge < -0.3 is 15.1 Å². The van der Waals surface area contributed by atoms with Gasteiger partial charge in [0.2, 0.25) is 0 Å². The lowest BCUT2D eigenvalue weighted by atomic mass is 10.1. The summed E-state index contributed by atoms with van der Waals surface area (Å²) in [5, 5.41) is 17.9. The average molecular weight is 259 g/mol. The van der Waals surface area contributed by atoms with Crippen LogP contribution in [0.4, 0.5) is 14.5 Å². The number of carboxylic acid groups (broad SMARTS) is 1. The standard InChI is InChI=1S/C12H15F2NO3/c1-8-2-3-9(12(17)18)10(6-8)15(4-5-16)7-11(13)14/h2-3,6,11,16H,4-5,7H2,1H3,(H,17,18). The van der Waals surface area contributed by atoms with E-state index in [1.165, 1.54) is 17.0 Å². The molecular weight excluding hydrogens is 244 g/mol. The smallest absolute Gasteiger partial charge is 0.337 e. The second-order valence-electron chi connectivity index (χ2n) is 3.89. The fourth-order valence-electron chi connectivity index (χ4n) is 1.68. The highest BCUT2D eigenvalue weighted by atomic mass is 19.3. The highest BCUT2D eigenvalue weighted by Gasteiger charge is 2.18. The highest BCUT2D eigenvalue weighted by molar-refractivity contribution is 5.94. The zero-order chi connectivity index (χ0) is 13.7. The van der Waals surface area contributed by atoms with Crippen LogP contribution in [-0.4, -0.2) is 42.3 Å². The molecule has 6 heteroatoms. The molecule has 18 heavy (non-hydrogen) atoms. The van der Waals surface area contributed by atoms with Gasteiger partial charge in [-0.15, -0.1) is 0 Å². The maximum atomic E-state index is 12.5. The van der Waals surface area contributed by atoms with Crippen LogP contribution >= 0.6 is 0 Å². The molecule has 1 aromatic carbocycles. The molecule has 0 aliphatic carbocycles. The summed E-state index contributed by atoms with van der Waals surface area (Å²) in [6, 6.07) is 4.51. The van der Waals surface area contributed by atoms with E-state index in [9.17, 15) is 13.6 Å². The second kappa shape index (κ2) is 6.30. The Balaban J connectivity index is 3.15. The van der Waals surface area contributed by atoms with Gasteiger partial charge in [0.15, 0.2) is 0 Å². The summed E-state index contributed by atoms with van der Waals surface area (Å²) in [5.74, 6) is -1.18. The summed E-state index contributed by atoms with van der Waals surface area (Å²) in [5.41, 5.74) is 0.929. The molecule has 0 heterocycles. The number of carbonyl (C=O) groups is 1. The number of aliphatic hydroxyl groups is 1. The Kier molecular flexibility index (Phi) is 5.03. The first kappa shape index (κ1) is 14.4. The molecule has 2 N–H and O–H groups in total. The number of aryl methyl sites for hydroxylation is 1. The lowest BCUT2D eigenvalue weighted by molar-refractivity contribution is 0.0696. The van der Waals surface area contributed by atoms with Crippen molar-refractivity contribution in [1.82, 2.24) is 0 Å². The lowest BCUT2D eigenvalue weighted by Crippen LogP contribution is -2.32. The third-order valence-electron chi connectivity index (χ3n) is 2.45. The zero-order valence-electron chi connectivity index (χ0n) is 9.94. The molecule has 0 spiro atoms. The minimum absolute atomic E-state index is 0.0337. The van der Waals surface area contributed by atoms with Gasteiger partial charge in [-0.05, 0) is 24.6 Å². The molecule has 0 aliphatic rings. The van der Waals surface area contributed by atoms with Crippen molar-refractivity contribution in [2.45, 2.75) is 13.3 Å². The van der Waals surface area contributed by atoms with Crippen molar-refractivity contribution in [3.05, 3.63) is 29.3 Å². The molecule has 0 saturated carbocycles. The second-order valence-corrected chi connectivity index (χ2v) is 3.89. The summed E-state index contributed by atoms with van der Waals surface area (Å²) >= 11 is 0. The number of carboxylic acids is 1. The molecular formula is C12H15F2NO3. The van der Waals surface area contributed by atoms with Crippen LogP contribution in [0.2, 0.25) is 0 Å². The van der Waals surface area contributed by atoms with Crippen LogP contribution in [-0.2, 0) is 0 Å². The maximum Gasteiger partial charge on any atom is 0.337 e. The van der Waals surface area contributed by atoms with Gasteiger partial charge in [-0.1, -0.05) is 6.07 Å². The van der Waals surface area contributed by atoms with E-state index in [2.05, 4.69) is 0 Å². The summed E-state index contributed by atoms with van der Waals surface area (Å²) in [4.78, 5) is 12.2. The monoisotopic (exact) mass is 259 g/mol. The largest absolute Gasteiger partial charge is 0.478 e. The number of anilines is 1. The van der Waals surface area contributed by atoms with E-state index in [0.29, 0.717) is 0 Å². The number of alkyl halides is 2. The number of rotatable bonds is 6. The third kappa shape index (κ3) is 3.66. The van der Waals surface area contributed by atoms with Gasteiger partial charge in [0.25, 0.3) is 6.43 Å². The summed E-state index contributed by atoms with van der Waals surface area (Å²) in [7, 11) is 0. The number of hydrogen-bond donors (Lipinski definition) is 2. The first-order chi connectivity index (χ1) is 8.45. The van der Waals surface area contributed by atoms with Gasteiger partial charge in [0.1, 0.15) is 0 Å². The number of nitrogens with zero attached hydrogens (tertiary/aromatic N) is 1. The predicted molar refractivity (Wildman–Crippen MR) is 63.4 cm³/mol. The van der Waals surface area contributed by atoms with Crippen molar-refractivity contribution in [2.24, 2.45) is 0 Å². The molecule has 1 rings (SSSR count). The van der Waals surface area contributed by atoms with Gasteiger partial charge in [-0.25, -0.2) is 13.6 Å². The Hall–Kier alpha value is -1.69. The number of benzene rings is 1. The van der Waals surface area contributed by atoms with Crippen LogP contribution < -0.4 is 4.90 Å². The van der Waals surface area contributed by atoms with Gasteiger partial charge in [0, 0.05) is 6.54 Å². The van der Waals surface area contributed by atoms with E-state index in [0.717, 1.165) is 5.56 Å². The van der Waals surface area contributed by atoms with E-state index in [1.807, 2.05) is 0 Å². The van der Waals surface area contributed by atoms with Crippen LogP contribution in [0, 0.1) is 6.92 Å². The number of hydrogen-bond acceptors (Lipinski definition) is 3. The quantitative estimate of drug-likeness (QED) is 0.817. The van der Waals surface area contributed by atoms with E-state index in [1.54, 1.807) is 13.0 Å². The minimum Gasteiger partial charge on any atom is -0.478 e. The minimum atomic E-state index is -2.60. The van der Waals surface area contributed by atoms with E-state index in [-0.39, 0.29) is 24.4 Å². The predicted octanol–water partition coefficient (Wildman–Crippen LogP) is 1.76. The van der Waals surface area contributed by atoms with Crippen molar-refractivity contribution in [1.29, 1.82) is 0 Å². The Morgan fingerprint density at radius 1 is 1.44 bits per heavy atom. The molecule has 100 valence electrons. The number of aromatic carboxylic acids is 1. The first-order valence-electron chi connectivity index (χ1n) is 5.43. The highest BCUT2D eigenvalue weighted by Crippen LogP contribution is 2.23.